The van der Waals surface area contributed by atoms with Crippen LogP contribution in [0.1, 0.15) is 0 Å². The van der Waals surface area contributed by atoms with Gasteiger partial charge in [-0.25, -0.2) is 15.0 Å². The van der Waals surface area contributed by atoms with Crippen molar-refractivity contribution in [2.24, 2.45) is 0 Å². The lowest BCUT2D eigenvalue weighted by Crippen LogP contribution is -2.50. The molecular weight excluding hydrogens is 651 g/mol. The maximum atomic E-state index is 6.49. The molecule has 10 rings (SSSR count). The number of rotatable bonds is 5. The molecule has 9 aromatic rings. The highest BCUT2D eigenvalue weighted by Crippen LogP contribution is 2.40. The number of fused-ring (bicyclic) bond motifs is 6. The van der Waals surface area contributed by atoms with Crippen molar-refractivity contribution in [3.05, 3.63) is 164 Å². The minimum absolute atomic E-state index is 0.621. The molecule has 0 spiro atoms. The summed E-state index contributed by atoms with van der Waals surface area (Å²) in [5.41, 5.74) is 11.8. The van der Waals surface area contributed by atoms with Crippen molar-refractivity contribution in [3.63, 3.8) is 0 Å². The Balaban J connectivity index is 1.19. The van der Waals surface area contributed by atoms with Gasteiger partial charge in [-0.2, -0.15) is 0 Å². The minimum Gasteiger partial charge on any atom is -0.455 e. The average molecular weight is 684 g/mol. The van der Waals surface area contributed by atoms with E-state index >= 15 is 0 Å². The van der Waals surface area contributed by atoms with Crippen molar-refractivity contribution in [1.82, 2.24) is 15.0 Å². The van der Waals surface area contributed by atoms with Gasteiger partial charge in [0.25, 0.3) is 0 Å². The van der Waals surface area contributed by atoms with Gasteiger partial charge in [0, 0.05) is 33.0 Å². The van der Waals surface area contributed by atoms with E-state index in [2.05, 4.69) is 140 Å². The number of furan rings is 1. The maximum absolute atomic E-state index is 6.49. The summed E-state index contributed by atoms with van der Waals surface area (Å²) in [6.07, 6.45) is 0. The molecule has 0 saturated carbocycles. The van der Waals surface area contributed by atoms with Gasteiger partial charge in [-0.15, -0.1) is 0 Å². The highest BCUT2D eigenvalue weighted by Gasteiger charge is 2.39. The number of para-hydroxylation sites is 1. The Hall–Kier alpha value is -6.43. The standard InChI is InChI=1S/C47H33N3OSi/c1-52(2)42-26-25-33(27-39(42)37-23-14-22-35(44(37)52)30-15-6-3-7-16-30)46-48-45(32-19-10-5-11-20-32)49-47(50-46)34-28-38(31-17-8-4-9-18-31)43-40(29-34)36-21-12-13-24-41(36)51-43/h3-29H,1-2H3. The molecule has 2 aromatic heterocycles. The minimum atomic E-state index is -2.00. The fourth-order valence-corrected chi connectivity index (χ4v) is 11.5. The maximum Gasteiger partial charge on any atom is 0.164 e. The number of benzene rings is 7. The molecule has 0 saturated heterocycles. The van der Waals surface area contributed by atoms with Crippen LogP contribution in [0.25, 0.3) is 89.5 Å². The first-order valence-electron chi connectivity index (χ1n) is 17.7. The van der Waals surface area contributed by atoms with E-state index in [-0.39, 0.29) is 0 Å². The van der Waals surface area contributed by atoms with Crippen LogP contribution < -0.4 is 10.4 Å². The lowest BCUT2D eigenvalue weighted by Gasteiger charge is -2.22. The van der Waals surface area contributed by atoms with Crippen molar-refractivity contribution in [1.29, 1.82) is 0 Å². The second kappa shape index (κ2) is 11.8. The monoisotopic (exact) mass is 683 g/mol. The van der Waals surface area contributed by atoms with Crippen LogP contribution in [0.5, 0.6) is 0 Å². The van der Waals surface area contributed by atoms with E-state index in [4.69, 9.17) is 19.4 Å². The molecule has 52 heavy (non-hydrogen) atoms. The lowest BCUT2D eigenvalue weighted by atomic mass is 9.97. The molecule has 0 aliphatic carbocycles. The molecule has 4 nitrogen and oxygen atoms in total. The van der Waals surface area contributed by atoms with Crippen molar-refractivity contribution >= 4 is 40.4 Å². The quantitative estimate of drug-likeness (QED) is 0.169. The second-order valence-electron chi connectivity index (χ2n) is 14.0. The molecular formula is C47H33N3OSi. The molecule has 1 aliphatic rings. The highest BCUT2D eigenvalue weighted by molar-refractivity contribution is 7.04. The van der Waals surface area contributed by atoms with E-state index in [1.165, 1.54) is 32.6 Å². The van der Waals surface area contributed by atoms with Crippen LogP contribution in [-0.2, 0) is 0 Å². The lowest BCUT2D eigenvalue weighted by molar-refractivity contribution is 0.670. The molecule has 3 heterocycles. The highest BCUT2D eigenvalue weighted by atomic mass is 28.3. The van der Waals surface area contributed by atoms with Crippen molar-refractivity contribution in [2.45, 2.75) is 13.1 Å². The summed E-state index contributed by atoms with van der Waals surface area (Å²) in [7, 11) is -2.00. The fraction of sp³-hybridized carbons (Fsp3) is 0.0426. The third kappa shape index (κ3) is 4.85. The zero-order valence-corrected chi connectivity index (χ0v) is 29.8. The summed E-state index contributed by atoms with van der Waals surface area (Å²) in [6, 6.07) is 57.5. The first-order chi connectivity index (χ1) is 25.5. The largest absolute Gasteiger partial charge is 0.455 e. The summed E-state index contributed by atoms with van der Waals surface area (Å²) in [6.45, 7) is 4.94. The number of hydrogen-bond donors (Lipinski definition) is 0. The molecule has 0 atom stereocenters. The van der Waals surface area contributed by atoms with Gasteiger partial charge in [0.2, 0.25) is 0 Å². The van der Waals surface area contributed by atoms with Crippen LogP contribution in [0.3, 0.4) is 0 Å². The molecule has 0 amide bonds. The normalized spacial score (nSPS) is 13.0. The molecule has 1 aliphatic heterocycles. The number of hydrogen-bond acceptors (Lipinski definition) is 4. The van der Waals surface area contributed by atoms with Crippen LogP contribution in [0.15, 0.2) is 168 Å². The van der Waals surface area contributed by atoms with Crippen LogP contribution in [-0.4, -0.2) is 23.0 Å². The van der Waals surface area contributed by atoms with Gasteiger partial charge in [-0.3, -0.25) is 0 Å². The predicted octanol–water partition coefficient (Wildman–Crippen LogP) is 10.9. The Morgan fingerprint density at radius 2 is 0.962 bits per heavy atom. The third-order valence-electron chi connectivity index (χ3n) is 10.5. The van der Waals surface area contributed by atoms with Crippen LogP contribution in [0, 0.1) is 0 Å². The number of aromatic nitrogens is 3. The van der Waals surface area contributed by atoms with Gasteiger partial charge >= 0.3 is 0 Å². The van der Waals surface area contributed by atoms with Gasteiger partial charge in [-0.05, 0) is 62.5 Å². The Morgan fingerprint density at radius 1 is 0.404 bits per heavy atom. The number of nitrogens with zero attached hydrogens (tertiary/aromatic N) is 3. The van der Waals surface area contributed by atoms with E-state index in [1.807, 2.05) is 36.4 Å². The predicted molar refractivity (Wildman–Crippen MR) is 216 cm³/mol. The molecule has 246 valence electrons. The Kier molecular flexibility index (Phi) is 6.91. The molecule has 0 fully saturated rings. The zero-order valence-electron chi connectivity index (χ0n) is 28.8. The molecule has 0 radical (unpaired) electrons. The Morgan fingerprint density at radius 3 is 1.67 bits per heavy atom. The Labute approximate surface area is 303 Å². The first-order valence-corrected chi connectivity index (χ1v) is 20.7. The van der Waals surface area contributed by atoms with E-state index in [0.29, 0.717) is 17.5 Å². The van der Waals surface area contributed by atoms with E-state index in [9.17, 15) is 0 Å². The van der Waals surface area contributed by atoms with Crippen molar-refractivity contribution in [3.8, 4) is 67.5 Å². The molecule has 5 heteroatoms. The van der Waals surface area contributed by atoms with Crippen LogP contribution in [0.2, 0.25) is 13.1 Å². The van der Waals surface area contributed by atoms with Gasteiger partial charge in [0.05, 0.1) is 0 Å². The SMILES string of the molecule is C[Si]1(C)c2ccc(-c3nc(-c4ccccc4)nc(-c4cc(-c5ccccc5)c5oc6ccccc6c5c4)n3)cc2-c2cccc(-c3ccccc3)c21. The summed E-state index contributed by atoms with van der Waals surface area (Å²) in [4.78, 5) is 15.5. The van der Waals surface area contributed by atoms with E-state index < -0.39 is 8.07 Å². The van der Waals surface area contributed by atoms with Crippen LogP contribution >= 0.6 is 0 Å². The first kappa shape index (κ1) is 30.4. The second-order valence-corrected chi connectivity index (χ2v) is 18.3. The van der Waals surface area contributed by atoms with E-state index in [1.54, 1.807) is 0 Å². The van der Waals surface area contributed by atoms with Crippen LogP contribution in [0.4, 0.5) is 0 Å². The van der Waals surface area contributed by atoms with Gasteiger partial charge in [0.1, 0.15) is 19.2 Å². The van der Waals surface area contributed by atoms with Crippen molar-refractivity contribution in [2.75, 3.05) is 0 Å². The summed E-state index contributed by atoms with van der Waals surface area (Å²) in [5, 5.41) is 5.03. The molecule has 7 aromatic carbocycles. The molecule has 0 N–H and O–H groups in total. The summed E-state index contributed by atoms with van der Waals surface area (Å²) in [5.74, 6) is 1.91. The Bertz CT molecular complexity index is 2810. The van der Waals surface area contributed by atoms with E-state index in [0.717, 1.165) is 49.8 Å². The van der Waals surface area contributed by atoms with Crippen molar-refractivity contribution < 1.29 is 4.42 Å². The molecule has 0 bridgehead atoms. The summed E-state index contributed by atoms with van der Waals surface area (Å²) >= 11 is 0. The fourth-order valence-electron chi connectivity index (χ4n) is 8.03. The zero-order chi connectivity index (χ0) is 34.8. The van der Waals surface area contributed by atoms with Gasteiger partial charge in [-0.1, -0.05) is 153 Å². The van der Waals surface area contributed by atoms with Gasteiger partial charge < -0.3 is 4.42 Å². The van der Waals surface area contributed by atoms with Gasteiger partial charge in [0.15, 0.2) is 17.5 Å². The average Bonchev–Trinajstić information content (AvgIpc) is 3.70. The smallest absolute Gasteiger partial charge is 0.164 e. The third-order valence-corrected chi connectivity index (χ3v) is 14.1. The molecule has 0 unspecified atom stereocenters. The summed E-state index contributed by atoms with van der Waals surface area (Å²) < 4.78 is 6.49. The topological polar surface area (TPSA) is 51.8 Å².